The standard InChI is InChI=1S/C14H17NO4/c1-9(16)10-5-7-11(8-6-10)15-12(17)14(2,3)13(18)19-4/h5-8H,1-4H3,(H,15,17). The largest absolute Gasteiger partial charge is 0.468 e. The zero-order valence-electron chi connectivity index (χ0n) is 11.4. The first kappa shape index (κ1) is 14.9. The first-order valence-corrected chi connectivity index (χ1v) is 5.80. The lowest BCUT2D eigenvalue weighted by molar-refractivity contribution is -0.154. The van der Waals surface area contributed by atoms with Gasteiger partial charge in [0.05, 0.1) is 7.11 Å². The number of anilines is 1. The third kappa shape index (κ3) is 3.40. The van der Waals surface area contributed by atoms with Crippen molar-refractivity contribution < 1.29 is 19.1 Å². The van der Waals surface area contributed by atoms with Crippen LogP contribution in [0.15, 0.2) is 24.3 Å². The summed E-state index contributed by atoms with van der Waals surface area (Å²) in [5, 5.41) is 2.61. The van der Waals surface area contributed by atoms with E-state index in [2.05, 4.69) is 10.1 Å². The molecule has 0 heterocycles. The molecule has 0 unspecified atom stereocenters. The predicted octanol–water partition coefficient (Wildman–Crippen LogP) is 2.03. The highest BCUT2D eigenvalue weighted by Gasteiger charge is 2.37. The molecule has 1 amide bonds. The average molecular weight is 263 g/mol. The summed E-state index contributed by atoms with van der Waals surface area (Å²) in [6, 6.07) is 6.45. The Morgan fingerprint density at radius 2 is 1.63 bits per heavy atom. The minimum absolute atomic E-state index is 0.0484. The molecule has 0 atom stereocenters. The first-order chi connectivity index (χ1) is 8.78. The van der Waals surface area contributed by atoms with Gasteiger partial charge in [-0.2, -0.15) is 0 Å². The fraction of sp³-hybridized carbons (Fsp3) is 0.357. The molecule has 1 N–H and O–H groups in total. The van der Waals surface area contributed by atoms with Gasteiger partial charge >= 0.3 is 5.97 Å². The molecular weight excluding hydrogens is 246 g/mol. The Hall–Kier alpha value is -2.17. The number of rotatable bonds is 4. The summed E-state index contributed by atoms with van der Waals surface area (Å²) in [6.07, 6.45) is 0. The number of amides is 1. The molecule has 1 aromatic rings. The number of hydrogen-bond donors (Lipinski definition) is 1. The van der Waals surface area contributed by atoms with Gasteiger partial charge in [-0.1, -0.05) is 0 Å². The minimum Gasteiger partial charge on any atom is -0.468 e. The van der Waals surface area contributed by atoms with E-state index in [1.54, 1.807) is 24.3 Å². The molecule has 102 valence electrons. The second kappa shape index (κ2) is 5.65. The van der Waals surface area contributed by atoms with Gasteiger partial charge in [0.15, 0.2) is 5.78 Å². The second-order valence-electron chi connectivity index (χ2n) is 4.70. The van der Waals surface area contributed by atoms with Crippen molar-refractivity contribution in [3.05, 3.63) is 29.8 Å². The van der Waals surface area contributed by atoms with Gasteiger partial charge in [-0.05, 0) is 45.0 Å². The number of hydrogen-bond acceptors (Lipinski definition) is 4. The molecule has 19 heavy (non-hydrogen) atoms. The number of esters is 1. The van der Waals surface area contributed by atoms with Gasteiger partial charge in [-0.25, -0.2) is 0 Å². The normalized spacial score (nSPS) is 10.7. The van der Waals surface area contributed by atoms with E-state index in [9.17, 15) is 14.4 Å². The van der Waals surface area contributed by atoms with E-state index in [4.69, 9.17) is 0 Å². The Morgan fingerprint density at radius 1 is 1.11 bits per heavy atom. The summed E-state index contributed by atoms with van der Waals surface area (Å²) >= 11 is 0. The summed E-state index contributed by atoms with van der Waals surface area (Å²) in [6.45, 7) is 4.43. The Bertz CT molecular complexity index is 503. The predicted molar refractivity (Wildman–Crippen MR) is 70.9 cm³/mol. The van der Waals surface area contributed by atoms with Crippen molar-refractivity contribution in [2.45, 2.75) is 20.8 Å². The van der Waals surface area contributed by atoms with Crippen molar-refractivity contribution in [3.63, 3.8) is 0 Å². The van der Waals surface area contributed by atoms with Crippen LogP contribution in [-0.2, 0) is 14.3 Å². The molecular formula is C14H17NO4. The maximum atomic E-state index is 12.0. The number of Topliss-reactive ketones (excluding diaryl/α,β-unsaturated/α-hetero) is 1. The molecule has 0 saturated carbocycles. The van der Waals surface area contributed by atoms with E-state index in [0.717, 1.165) is 0 Å². The number of nitrogens with one attached hydrogen (secondary N) is 1. The van der Waals surface area contributed by atoms with Crippen molar-refractivity contribution in [3.8, 4) is 0 Å². The van der Waals surface area contributed by atoms with Gasteiger partial charge in [-0.15, -0.1) is 0 Å². The molecule has 0 aromatic heterocycles. The molecule has 1 rings (SSSR count). The first-order valence-electron chi connectivity index (χ1n) is 5.80. The second-order valence-corrected chi connectivity index (χ2v) is 4.70. The Balaban J connectivity index is 2.82. The monoisotopic (exact) mass is 263 g/mol. The van der Waals surface area contributed by atoms with Crippen molar-refractivity contribution >= 4 is 23.3 Å². The van der Waals surface area contributed by atoms with E-state index in [1.165, 1.54) is 27.9 Å². The van der Waals surface area contributed by atoms with Crippen LogP contribution in [0.2, 0.25) is 0 Å². The lowest BCUT2D eigenvalue weighted by Gasteiger charge is -2.20. The van der Waals surface area contributed by atoms with Crippen molar-refractivity contribution in [1.82, 2.24) is 0 Å². The molecule has 1 aromatic carbocycles. The summed E-state index contributed by atoms with van der Waals surface area (Å²) in [5.41, 5.74) is -0.189. The van der Waals surface area contributed by atoms with Crippen LogP contribution < -0.4 is 5.32 Å². The fourth-order valence-electron chi connectivity index (χ4n) is 1.42. The highest BCUT2D eigenvalue weighted by Crippen LogP contribution is 2.20. The minimum atomic E-state index is -1.27. The Labute approximate surface area is 111 Å². The maximum Gasteiger partial charge on any atom is 0.320 e. The van der Waals surface area contributed by atoms with Crippen LogP contribution in [0.5, 0.6) is 0 Å². The van der Waals surface area contributed by atoms with Gasteiger partial charge in [0, 0.05) is 11.3 Å². The molecule has 0 aliphatic carbocycles. The van der Waals surface area contributed by atoms with E-state index >= 15 is 0 Å². The summed E-state index contributed by atoms with van der Waals surface area (Å²) in [4.78, 5) is 34.6. The molecule has 0 fully saturated rings. The third-order valence-electron chi connectivity index (χ3n) is 2.81. The van der Waals surface area contributed by atoms with Gasteiger partial charge in [0.1, 0.15) is 5.41 Å². The summed E-state index contributed by atoms with van der Waals surface area (Å²) in [7, 11) is 1.24. The SMILES string of the molecule is COC(=O)C(C)(C)C(=O)Nc1ccc(C(C)=O)cc1. The van der Waals surface area contributed by atoms with Gasteiger partial charge in [0.25, 0.3) is 0 Å². The van der Waals surface area contributed by atoms with Crippen LogP contribution in [0.1, 0.15) is 31.1 Å². The molecule has 0 aliphatic heterocycles. The van der Waals surface area contributed by atoms with E-state index in [1.807, 2.05) is 0 Å². The van der Waals surface area contributed by atoms with E-state index in [0.29, 0.717) is 11.3 Å². The fourth-order valence-corrected chi connectivity index (χ4v) is 1.42. The molecule has 0 bridgehead atoms. The van der Waals surface area contributed by atoms with Crippen molar-refractivity contribution in [1.29, 1.82) is 0 Å². The highest BCUT2D eigenvalue weighted by atomic mass is 16.5. The Morgan fingerprint density at radius 3 is 2.05 bits per heavy atom. The molecule has 0 saturated heterocycles. The summed E-state index contributed by atoms with van der Waals surface area (Å²) < 4.78 is 4.58. The lowest BCUT2D eigenvalue weighted by Crippen LogP contribution is -2.38. The molecule has 0 spiro atoms. The topological polar surface area (TPSA) is 72.5 Å². The molecule has 5 nitrogen and oxygen atoms in total. The maximum absolute atomic E-state index is 12.0. The smallest absolute Gasteiger partial charge is 0.320 e. The van der Waals surface area contributed by atoms with Crippen molar-refractivity contribution in [2.24, 2.45) is 5.41 Å². The van der Waals surface area contributed by atoms with Crippen LogP contribution >= 0.6 is 0 Å². The third-order valence-corrected chi connectivity index (χ3v) is 2.81. The number of carbonyl (C=O) groups is 3. The summed E-state index contributed by atoms with van der Waals surface area (Å²) in [5.74, 6) is -1.12. The number of carbonyl (C=O) groups excluding carboxylic acids is 3. The molecule has 0 radical (unpaired) electrons. The number of methoxy groups -OCH3 is 1. The van der Waals surface area contributed by atoms with Gasteiger partial charge in [0.2, 0.25) is 5.91 Å². The highest BCUT2D eigenvalue weighted by molar-refractivity contribution is 6.08. The average Bonchev–Trinajstić information content (AvgIpc) is 2.38. The Kier molecular flexibility index (Phi) is 4.43. The van der Waals surface area contributed by atoms with Gasteiger partial charge in [-0.3, -0.25) is 14.4 Å². The van der Waals surface area contributed by atoms with Crippen LogP contribution in [0.3, 0.4) is 0 Å². The van der Waals surface area contributed by atoms with Crippen LogP contribution in [0.4, 0.5) is 5.69 Å². The quantitative estimate of drug-likeness (QED) is 0.512. The van der Waals surface area contributed by atoms with E-state index < -0.39 is 17.3 Å². The van der Waals surface area contributed by atoms with Crippen LogP contribution in [0.25, 0.3) is 0 Å². The number of benzene rings is 1. The zero-order valence-corrected chi connectivity index (χ0v) is 11.4. The molecule has 5 heteroatoms. The lowest BCUT2D eigenvalue weighted by atomic mass is 9.92. The van der Waals surface area contributed by atoms with Gasteiger partial charge < -0.3 is 10.1 Å². The van der Waals surface area contributed by atoms with E-state index in [-0.39, 0.29) is 5.78 Å². The van der Waals surface area contributed by atoms with Crippen LogP contribution in [0, 0.1) is 5.41 Å². The zero-order chi connectivity index (χ0) is 14.6. The number of ether oxygens (including phenoxy) is 1. The van der Waals surface area contributed by atoms with Crippen LogP contribution in [-0.4, -0.2) is 24.8 Å². The molecule has 0 aliphatic rings. The van der Waals surface area contributed by atoms with Crippen molar-refractivity contribution in [2.75, 3.05) is 12.4 Å². The number of ketones is 1.